The van der Waals surface area contributed by atoms with Crippen LogP contribution in [0, 0.1) is 5.92 Å². The number of ether oxygens (including phenoxy) is 2. The number of hydrogen-bond donors (Lipinski definition) is 5. The molecule has 23 nitrogen and oxygen atoms in total. The summed E-state index contributed by atoms with van der Waals surface area (Å²) < 4.78 is 60.9. The number of phosphoric ester groups is 2. The van der Waals surface area contributed by atoms with Crippen molar-refractivity contribution in [2.75, 3.05) is 24.7 Å². The van der Waals surface area contributed by atoms with Crippen molar-refractivity contribution in [3.8, 4) is 0 Å². The molecular formula is C21H24N10O13P2-2. The smallest absolute Gasteiger partial charge is 0.280 e. The van der Waals surface area contributed by atoms with Crippen LogP contribution in [0.2, 0.25) is 0 Å². The number of rotatable bonds is 2. The average molecular weight is 686 g/mol. The summed E-state index contributed by atoms with van der Waals surface area (Å²) in [6.45, 7) is -0.143. The van der Waals surface area contributed by atoms with Crippen LogP contribution < -0.4 is 32.4 Å². The average Bonchev–Trinajstić information content (AvgIpc) is 3.72. The molecule has 7 heterocycles. The largest absolute Gasteiger partial charge is 0.756 e. The number of fused-ring (bicyclic) bond motifs is 4. The molecule has 0 aromatic carbocycles. The highest BCUT2D eigenvalue weighted by atomic mass is 31.2. The molecule has 46 heavy (non-hydrogen) atoms. The number of aromatic nitrogens is 8. The van der Waals surface area contributed by atoms with Gasteiger partial charge in [0, 0.05) is 5.92 Å². The van der Waals surface area contributed by atoms with E-state index >= 15 is 0 Å². The summed E-state index contributed by atoms with van der Waals surface area (Å²) in [6, 6.07) is 0. The lowest BCUT2D eigenvalue weighted by Gasteiger charge is -2.34. The topological polar surface area (TPSA) is 335 Å². The van der Waals surface area contributed by atoms with Gasteiger partial charge in [-0.3, -0.25) is 37.8 Å². The number of nitrogen functional groups attached to an aromatic ring is 2. The van der Waals surface area contributed by atoms with Crippen molar-refractivity contribution in [1.82, 2.24) is 39.0 Å². The highest BCUT2D eigenvalue weighted by Crippen LogP contribution is 2.52. The molecular weight excluding hydrogens is 662 g/mol. The molecule has 0 aliphatic carbocycles. The van der Waals surface area contributed by atoms with E-state index in [9.17, 15) is 33.6 Å². The predicted octanol–water partition coefficient (Wildman–Crippen LogP) is -3.04. The number of anilines is 2. The molecule has 3 aliphatic heterocycles. The van der Waals surface area contributed by atoms with E-state index in [1.54, 1.807) is 0 Å². The van der Waals surface area contributed by atoms with E-state index in [1.807, 2.05) is 0 Å². The Balaban J connectivity index is 1.18. The first-order valence-corrected chi connectivity index (χ1v) is 16.3. The molecule has 0 saturated carbocycles. The maximum Gasteiger partial charge on any atom is 0.280 e. The first kappa shape index (κ1) is 31.0. The second-order valence-corrected chi connectivity index (χ2v) is 13.4. The van der Waals surface area contributed by atoms with Crippen molar-refractivity contribution in [1.29, 1.82) is 0 Å². The Morgan fingerprint density at radius 2 is 1.30 bits per heavy atom. The Hall–Kier alpha value is -3.60. The molecule has 0 spiro atoms. The number of nitrogens with one attached hydrogen (secondary N) is 2. The Morgan fingerprint density at radius 1 is 0.848 bits per heavy atom. The number of nitrogens with two attached hydrogens (primary N) is 2. The molecule has 4 aromatic rings. The summed E-state index contributed by atoms with van der Waals surface area (Å²) in [5.74, 6) is -1.35. The Labute approximate surface area is 254 Å². The van der Waals surface area contributed by atoms with E-state index in [0.717, 1.165) is 10.9 Å². The Morgan fingerprint density at radius 3 is 1.85 bits per heavy atom. The van der Waals surface area contributed by atoms with E-state index in [4.69, 9.17) is 39.0 Å². The van der Waals surface area contributed by atoms with E-state index in [-0.39, 0.29) is 34.2 Å². The molecule has 248 valence electrons. The predicted molar refractivity (Wildman–Crippen MR) is 145 cm³/mol. The Bertz CT molecular complexity index is 1900. The molecule has 7 rings (SSSR count). The summed E-state index contributed by atoms with van der Waals surface area (Å²) in [7, 11) is -10.5. The van der Waals surface area contributed by atoms with Crippen LogP contribution in [-0.2, 0) is 36.7 Å². The van der Waals surface area contributed by atoms with E-state index in [1.165, 1.54) is 17.8 Å². The van der Waals surface area contributed by atoms with Gasteiger partial charge >= 0.3 is 0 Å². The van der Waals surface area contributed by atoms with Crippen LogP contribution in [0.25, 0.3) is 22.3 Å². The fourth-order valence-electron chi connectivity index (χ4n) is 5.66. The van der Waals surface area contributed by atoms with Gasteiger partial charge in [0.15, 0.2) is 28.6 Å². The van der Waals surface area contributed by atoms with Crippen LogP contribution in [-0.4, -0.2) is 87.9 Å². The molecule has 3 aliphatic rings. The second kappa shape index (κ2) is 11.0. The lowest BCUT2D eigenvalue weighted by atomic mass is 10.0. The van der Waals surface area contributed by atoms with Gasteiger partial charge in [-0.05, 0) is 0 Å². The number of phosphoric acid groups is 2. The maximum absolute atomic E-state index is 13.1. The van der Waals surface area contributed by atoms with Gasteiger partial charge in [0.2, 0.25) is 11.9 Å². The second-order valence-electron chi connectivity index (χ2n) is 10.7. The van der Waals surface area contributed by atoms with Crippen LogP contribution in [0.15, 0.2) is 22.2 Å². The van der Waals surface area contributed by atoms with Gasteiger partial charge in [0.05, 0.1) is 25.9 Å². The number of H-pyrrole nitrogens is 2. The highest BCUT2D eigenvalue weighted by molar-refractivity contribution is 7.46. The van der Waals surface area contributed by atoms with E-state index < -0.39 is 88.9 Å². The SMILES string of the molecule is C[C@H]1C2OP(=O)([O-])OC[C@@H]3O[C@@H](n4cnc5c(=O)[nH]c(N)nc54)C(O)[C@H]3OP(=O)([O-])OC[C@@H]2O[C@H]1n1cnc2c(=O)[nH]c(N)nc21. The van der Waals surface area contributed by atoms with Crippen molar-refractivity contribution in [3.63, 3.8) is 0 Å². The lowest BCUT2D eigenvalue weighted by molar-refractivity contribution is -0.244. The molecule has 0 radical (unpaired) electrons. The lowest BCUT2D eigenvalue weighted by Crippen LogP contribution is -2.39. The number of aliphatic hydroxyl groups excluding tert-OH is 1. The minimum Gasteiger partial charge on any atom is -0.756 e. The molecule has 0 amide bonds. The van der Waals surface area contributed by atoms with Gasteiger partial charge < -0.3 is 53.9 Å². The minimum atomic E-state index is -5.28. The molecule has 0 bridgehead atoms. The van der Waals surface area contributed by atoms with Crippen LogP contribution >= 0.6 is 15.6 Å². The molecule has 7 N–H and O–H groups in total. The van der Waals surface area contributed by atoms with Gasteiger partial charge in [-0.2, -0.15) is 9.97 Å². The summed E-state index contributed by atoms with van der Waals surface area (Å²) in [4.78, 5) is 71.1. The standard InChI is InChI=1S/C21H26N10O13P2/c1-6-12-7(41-18(6)30-4-24-9-14(30)26-20(22)28-16(9)33)2-39-46(37,38)44-13-8(3-40-45(35,36)43-12)42-19(11(13)32)31-5-25-10-15(31)27-21(23)29-17(10)34/h4-8,11-13,18-19,32H,2-3H2,1H3,(H,35,36)(H,37,38)(H3,22,26,28,33)(H3,23,27,29,34)/p-2/t6-,7-,8-,11?,12?,13-,18+,19+/m0/s1. The van der Waals surface area contributed by atoms with Crippen molar-refractivity contribution in [2.45, 2.75) is 49.9 Å². The molecule has 4 unspecified atom stereocenters. The zero-order valence-electron chi connectivity index (χ0n) is 23.3. The summed E-state index contributed by atoms with van der Waals surface area (Å²) in [5, 5.41) is 11.1. The highest BCUT2D eigenvalue weighted by Gasteiger charge is 2.51. The van der Waals surface area contributed by atoms with Crippen molar-refractivity contribution in [2.24, 2.45) is 5.92 Å². The van der Waals surface area contributed by atoms with Crippen molar-refractivity contribution < 1.29 is 51.6 Å². The molecule has 4 aromatic heterocycles. The third kappa shape index (κ3) is 5.34. The van der Waals surface area contributed by atoms with Crippen LogP contribution in [0.4, 0.5) is 11.9 Å². The summed E-state index contributed by atoms with van der Waals surface area (Å²) >= 11 is 0. The number of aromatic amines is 2. The number of hydrogen-bond acceptors (Lipinski definition) is 19. The van der Waals surface area contributed by atoms with Crippen molar-refractivity contribution >= 4 is 49.9 Å². The summed E-state index contributed by atoms with van der Waals surface area (Å²) in [6.07, 6.45) is -8.13. The Kier molecular flexibility index (Phi) is 7.41. The van der Waals surface area contributed by atoms with Gasteiger partial charge in [-0.1, -0.05) is 6.92 Å². The zero-order chi connectivity index (χ0) is 32.7. The van der Waals surface area contributed by atoms with Gasteiger partial charge in [0.1, 0.15) is 36.7 Å². The molecule has 3 saturated heterocycles. The van der Waals surface area contributed by atoms with E-state index in [2.05, 4.69) is 29.9 Å². The molecule has 10 atom stereocenters. The number of aliphatic hydroxyl groups is 1. The third-order valence-electron chi connectivity index (χ3n) is 7.70. The number of imidazole rings is 2. The van der Waals surface area contributed by atoms with Gasteiger partial charge in [-0.25, -0.2) is 9.97 Å². The first-order valence-electron chi connectivity index (χ1n) is 13.4. The quantitative estimate of drug-likeness (QED) is 0.131. The fraction of sp³-hybridized carbons (Fsp3) is 0.524. The van der Waals surface area contributed by atoms with Gasteiger partial charge in [0.25, 0.3) is 26.8 Å². The third-order valence-corrected chi connectivity index (χ3v) is 9.64. The normalized spacial score (nSPS) is 37.1. The monoisotopic (exact) mass is 686 g/mol. The first-order chi connectivity index (χ1) is 21.7. The van der Waals surface area contributed by atoms with Crippen LogP contribution in [0.3, 0.4) is 0 Å². The van der Waals surface area contributed by atoms with Crippen molar-refractivity contribution in [3.05, 3.63) is 33.4 Å². The molecule has 25 heteroatoms. The fourth-order valence-corrected chi connectivity index (χ4v) is 7.62. The number of nitrogens with zero attached hydrogens (tertiary/aromatic N) is 6. The molecule has 3 fully saturated rings. The van der Waals surface area contributed by atoms with Crippen LogP contribution in [0.5, 0.6) is 0 Å². The summed E-state index contributed by atoms with van der Waals surface area (Å²) in [5.41, 5.74) is 9.61. The zero-order valence-corrected chi connectivity index (χ0v) is 25.1. The van der Waals surface area contributed by atoms with Gasteiger partial charge in [-0.15, -0.1) is 0 Å². The van der Waals surface area contributed by atoms with E-state index in [0.29, 0.717) is 0 Å². The van der Waals surface area contributed by atoms with Crippen LogP contribution in [0.1, 0.15) is 19.4 Å². The maximum atomic E-state index is 13.1. The minimum absolute atomic E-state index is 0.0115.